The molecule has 1 aliphatic heterocycles. The number of carbonyl (C=O) groups is 2. The van der Waals surface area contributed by atoms with Crippen LogP contribution in [0.1, 0.15) is 33.1 Å². The van der Waals surface area contributed by atoms with E-state index in [0.717, 1.165) is 12.8 Å². The lowest BCUT2D eigenvalue weighted by molar-refractivity contribution is -0.141. The summed E-state index contributed by atoms with van der Waals surface area (Å²) in [5, 5.41) is 11.7. The van der Waals surface area contributed by atoms with Gasteiger partial charge in [-0.05, 0) is 25.2 Å². The number of urea groups is 1. The summed E-state index contributed by atoms with van der Waals surface area (Å²) in [7, 11) is 0. The molecule has 0 bridgehead atoms. The molecule has 1 heterocycles. The number of amides is 2. The maximum Gasteiger partial charge on any atom is 0.317 e. The van der Waals surface area contributed by atoms with Crippen molar-refractivity contribution >= 4 is 12.0 Å². The Morgan fingerprint density at radius 2 is 2.18 bits per heavy atom. The smallest absolute Gasteiger partial charge is 0.317 e. The van der Waals surface area contributed by atoms with E-state index in [1.165, 1.54) is 0 Å². The standard InChI is InChI=1S/C12H22N2O3/c1-9(2)4-3-6-13-12(17)14-7-5-10(8-14)11(15)16/h9-10H,3-8H2,1-2H3,(H,13,17)(H,15,16). The van der Waals surface area contributed by atoms with Crippen molar-refractivity contribution in [3.63, 3.8) is 0 Å². The lowest BCUT2D eigenvalue weighted by Crippen LogP contribution is -2.39. The first-order chi connectivity index (χ1) is 8.00. The molecule has 1 rings (SSSR count). The summed E-state index contributed by atoms with van der Waals surface area (Å²) in [6.07, 6.45) is 2.63. The molecule has 1 atom stereocenters. The Balaban J connectivity index is 2.19. The summed E-state index contributed by atoms with van der Waals surface area (Å²) < 4.78 is 0. The van der Waals surface area contributed by atoms with E-state index in [1.54, 1.807) is 4.90 Å². The normalized spacial score (nSPS) is 19.7. The monoisotopic (exact) mass is 242 g/mol. The van der Waals surface area contributed by atoms with Crippen LogP contribution in [0.2, 0.25) is 0 Å². The number of nitrogens with zero attached hydrogens (tertiary/aromatic N) is 1. The van der Waals surface area contributed by atoms with E-state index in [-0.39, 0.29) is 6.03 Å². The second-order valence-corrected chi connectivity index (χ2v) is 5.04. The Labute approximate surface area is 102 Å². The molecule has 0 spiro atoms. The molecule has 1 unspecified atom stereocenters. The zero-order valence-corrected chi connectivity index (χ0v) is 10.6. The Morgan fingerprint density at radius 1 is 1.47 bits per heavy atom. The predicted molar refractivity (Wildman–Crippen MR) is 64.8 cm³/mol. The van der Waals surface area contributed by atoms with Crippen molar-refractivity contribution in [3.05, 3.63) is 0 Å². The molecule has 17 heavy (non-hydrogen) atoms. The number of hydrogen-bond acceptors (Lipinski definition) is 2. The highest BCUT2D eigenvalue weighted by Gasteiger charge is 2.30. The lowest BCUT2D eigenvalue weighted by atomic mass is 10.1. The fourth-order valence-corrected chi connectivity index (χ4v) is 1.96. The highest BCUT2D eigenvalue weighted by molar-refractivity contribution is 5.77. The van der Waals surface area contributed by atoms with Crippen molar-refractivity contribution in [2.45, 2.75) is 33.1 Å². The minimum Gasteiger partial charge on any atom is -0.481 e. The maximum absolute atomic E-state index is 11.7. The predicted octanol–water partition coefficient (Wildman–Crippen LogP) is 1.54. The van der Waals surface area contributed by atoms with Crippen LogP contribution in [0.4, 0.5) is 4.79 Å². The number of nitrogens with one attached hydrogen (secondary N) is 1. The molecule has 98 valence electrons. The van der Waals surface area contributed by atoms with Crippen molar-refractivity contribution in [3.8, 4) is 0 Å². The highest BCUT2D eigenvalue weighted by Crippen LogP contribution is 2.16. The molecule has 5 nitrogen and oxygen atoms in total. The van der Waals surface area contributed by atoms with Gasteiger partial charge in [0.15, 0.2) is 0 Å². The van der Waals surface area contributed by atoms with Crippen molar-refractivity contribution in [1.29, 1.82) is 0 Å². The van der Waals surface area contributed by atoms with Crippen LogP contribution in [0.3, 0.4) is 0 Å². The third kappa shape index (κ3) is 4.63. The molecule has 2 amide bonds. The molecule has 0 aliphatic carbocycles. The molecule has 1 saturated heterocycles. The van der Waals surface area contributed by atoms with Gasteiger partial charge in [-0.1, -0.05) is 13.8 Å². The van der Waals surface area contributed by atoms with E-state index in [1.807, 2.05) is 0 Å². The summed E-state index contributed by atoms with van der Waals surface area (Å²) in [4.78, 5) is 24.0. The molecule has 1 fully saturated rings. The van der Waals surface area contributed by atoms with Gasteiger partial charge in [0.25, 0.3) is 0 Å². The van der Waals surface area contributed by atoms with Gasteiger partial charge in [0.1, 0.15) is 0 Å². The van der Waals surface area contributed by atoms with Crippen LogP contribution in [-0.4, -0.2) is 41.6 Å². The van der Waals surface area contributed by atoms with Crippen molar-refractivity contribution in [2.24, 2.45) is 11.8 Å². The average molecular weight is 242 g/mol. The minimum absolute atomic E-state index is 0.127. The third-order valence-corrected chi connectivity index (χ3v) is 3.06. The molecule has 5 heteroatoms. The first-order valence-electron chi connectivity index (χ1n) is 6.26. The van der Waals surface area contributed by atoms with Gasteiger partial charge in [0, 0.05) is 19.6 Å². The van der Waals surface area contributed by atoms with Crippen LogP contribution in [0, 0.1) is 11.8 Å². The van der Waals surface area contributed by atoms with E-state index in [9.17, 15) is 9.59 Å². The summed E-state index contributed by atoms with van der Waals surface area (Å²) in [5.74, 6) is -0.549. The SMILES string of the molecule is CC(C)CCCNC(=O)N1CCC(C(=O)O)C1. The summed E-state index contributed by atoms with van der Waals surface area (Å²) in [6, 6.07) is -0.127. The van der Waals surface area contributed by atoms with Crippen LogP contribution in [-0.2, 0) is 4.79 Å². The molecular formula is C12H22N2O3. The van der Waals surface area contributed by atoms with E-state index >= 15 is 0 Å². The van der Waals surface area contributed by atoms with Crippen LogP contribution < -0.4 is 5.32 Å². The van der Waals surface area contributed by atoms with Crippen molar-refractivity contribution in [1.82, 2.24) is 10.2 Å². The van der Waals surface area contributed by atoms with Crippen molar-refractivity contribution < 1.29 is 14.7 Å². The maximum atomic E-state index is 11.7. The summed E-state index contributed by atoms with van der Waals surface area (Å²) >= 11 is 0. The number of likely N-dealkylation sites (tertiary alicyclic amines) is 1. The summed E-state index contributed by atoms with van der Waals surface area (Å²) in [6.45, 7) is 5.86. The highest BCUT2D eigenvalue weighted by atomic mass is 16.4. The summed E-state index contributed by atoms with van der Waals surface area (Å²) in [5.41, 5.74) is 0. The van der Waals surface area contributed by atoms with Gasteiger partial charge < -0.3 is 15.3 Å². The second-order valence-electron chi connectivity index (χ2n) is 5.04. The number of aliphatic carboxylic acids is 1. The zero-order valence-electron chi connectivity index (χ0n) is 10.6. The van der Waals surface area contributed by atoms with Crippen LogP contribution in [0.15, 0.2) is 0 Å². The Kier molecular flexibility index (Phi) is 5.25. The fraction of sp³-hybridized carbons (Fsp3) is 0.833. The quantitative estimate of drug-likeness (QED) is 0.718. The van der Waals surface area contributed by atoms with Crippen LogP contribution in [0.5, 0.6) is 0 Å². The zero-order chi connectivity index (χ0) is 12.8. The average Bonchev–Trinajstić information content (AvgIpc) is 2.73. The number of rotatable bonds is 5. The largest absolute Gasteiger partial charge is 0.481 e. The molecule has 0 aromatic carbocycles. The number of hydrogen-bond donors (Lipinski definition) is 2. The fourth-order valence-electron chi connectivity index (χ4n) is 1.96. The Morgan fingerprint density at radius 3 is 2.71 bits per heavy atom. The van der Waals surface area contributed by atoms with Gasteiger partial charge in [0.2, 0.25) is 0 Å². The minimum atomic E-state index is -0.805. The topological polar surface area (TPSA) is 69.6 Å². The van der Waals surface area contributed by atoms with Gasteiger partial charge >= 0.3 is 12.0 Å². The van der Waals surface area contributed by atoms with Gasteiger partial charge in [-0.15, -0.1) is 0 Å². The van der Waals surface area contributed by atoms with Gasteiger partial charge in [-0.25, -0.2) is 4.79 Å². The molecule has 0 aromatic heterocycles. The number of carboxylic acid groups (broad SMARTS) is 1. The molecular weight excluding hydrogens is 220 g/mol. The van der Waals surface area contributed by atoms with E-state index < -0.39 is 11.9 Å². The molecule has 0 radical (unpaired) electrons. The molecule has 0 saturated carbocycles. The Hall–Kier alpha value is -1.26. The molecule has 1 aliphatic rings. The number of carboxylic acids is 1. The van der Waals surface area contributed by atoms with Gasteiger partial charge in [-0.2, -0.15) is 0 Å². The van der Waals surface area contributed by atoms with Crippen molar-refractivity contribution in [2.75, 3.05) is 19.6 Å². The van der Waals surface area contributed by atoms with E-state index in [2.05, 4.69) is 19.2 Å². The number of carbonyl (C=O) groups excluding carboxylic acids is 1. The van der Waals surface area contributed by atoms with Crippen LogP contribution in [0.25, 0.3) is 0 Å². The molecule has 2 N–H and O–H groups in total. The Bertz CT molecular complexity index is 279. The first kappa shape index (κ1) is 13.8. The van der Waals surface area contributed by atoms with Gasteiger partial charge in [-0.3, -0.25) is 4.79 Å². The third-order valence-electron chi connectivity index (χ3n) is 3.06. The van der Waals surface area contributed by atoms with E-state index in [0.29, 0.717) is 32.0 Å². The lowest BCUT2D eigenvalue weighted by Gasteiger charge is -2.16. The first-order valence-corrected chi connectivity index (χ1v) is 6.26. The second kappa shape index (κ2) is 6.47. The van der Waals surface area contributed by atoms with Gasteiger partial charge in [0.05, 0.1) is 5.92 Å². The van der Waals surface area contributed by atoms with E-state index in [4.69, 9.17) is 5.11 Å². The molecule has 0 aromatic rings. The van der Waals surface area contributed by atoms with Crippen LogP contribution >= 0.6 is 0 Å².